The molecule has 1 fully saturated rings. The van der Waals surface area contributed by atoms with Crippen LogP contribution in [0.4, 0.5) is 5.69 Å². The Kier molecular flexibility index (Phi) is 5.87. The second kappa shape index (κ2) is 7.68. The van der Waals surface area contributed by atoms with Gasteiger partial charge in [0.2, 0.25) is 5.91 Å². The summed E-state index contributed by atoms with van der Waals surface area (Å²) in [6.07, 6.45) is 0.955. The van der Waals surface area contributed by atoms with E-state index in [4.69, 9.17) is 4.74 Å². The normalized spacial score (nSPS) is 19.5. The Labute approximate surface area is 137 Å². The van der Waals surface area contributed by atoms with Gasteiger partial charge < -0.3 is 15.4 Å². The Hall–Kier alpha value is -1.76. The molecule has 1 aliphatic heterocycles. The number of hydrogen-bond donors (Lipinski definition) is 2. The summed E-state index contributed by atoms with van der Waals surface area (Å²) >= 11 is 0. The van der Waals surface area contributed by atoms with Crippen molar-refractivity contribution in [2.24, 2.45) is 0 Å². The van der Waals surface area contributed by atoms with Crippen molar-refractivity contribution in [2.45, 2.75) is 38.8 Å². The number of anilines is 1. The lowest BCUT2D eigenvalue weighted by molar-refractivity contribution is -0.121. The number of amides is 1. The molecule has 1 aromatic rings. The molecule has 1 heterocycles. The number of carbonyl (C=O) groups is 1. The first kappa shape index (κ1) is 17.6. The summed E-state index contributed by atoms with van der Waals surface area (Å²) in [5, 5.41) is 5.94. The molecule has 2 rings (SSSR count). The maximum atomic E-state index is 11.8. The Bertz CT molecular complexity index is 626. The smallest absolute Gasteiger partial charge is 0.222 e. The van der Waals surface area contributed by atoms with Gasteiger partial charge in [-0.3, -0.25) is 4.79 Å². The molecule has 6 nitrogen and oxygen atoms in total. The molecule has 0 radical (unpaired) electrons. The largest absolute Gasteiger partial charge is 0.491 e. The van der Waals surface area contributed by atoms with Crippen LogP contribution in [0.2, 0.25) is 0 Å². The van der Waals surface area contributed by atoms with Gasteiger partial charge in [0.15, 0.2) is 9.84 Å². The van der Waals surface area contributed by atoms with Gasteiger partial charge in [0, 0.05) is 24.7 Å². The molecule has 23 heavy (non-hydrogen) atoms. The topological polar surface area (TPSA) is 84.5 Å². The van der Waals surface area contributed by atoms with Gasteiger partial charge in [-0.2, -0.15) is 0 Å². The first-order valence-electron chi connectivity index (χ1n) is 7.84. The van der Waals surface area contributed by atoms with Gasteiger partial charge >= 0.3 is 0 Å². The van der Waals surface area contributed by atoms with Crippen LogP contribution in [-0.4, -0.2) is 44.5 Å². The van der Waals surface area contributed by atoms with Crippen molar-refractivity contribution in [2.75, 3.05) is 23.4 Å². The minimum Gasteiger partial charge on any atom is -0.491 e. The standard InChI is InChI=1S/C16H24N2O4S/c1-12(2)22-15-5-3-13(4-6-15)17-9-7-16(19)18-14-8-10-23(20,21)11-14/h3-6,12,14,17H,7-11H2,1-2H3,(H,18,19). The zero-order chi connectivity index (χ0) is 16.9. The molecule has 0 spiro atoms. The van der Waals surface area contributed by atoms with Gasteiger partial charge in [-0.15, -0.1) is 0 Å². The van der Waals surface area contributed by atoms with E-state index in [9.17, 15) is 13.2 Å². The SMILES string of the molecule is CC(C)Oc1ccc(NCCC(=O)NC2CCS(=O)(=O)C2)cc1. The molecule has 0 saturated carbocycles. The van der Waals surface area contributed by atoms with Crippen LogP contribution in [0.1, 0.15) is 26.7 Å². The minimum absolute atomic E-state index is 0.0590. The van der Waals surface area contributed by atoms with Gasteiger partial charge in [-0.25, -0.2) is 8.42 Å². The molecule has 1 amide bonds. The van der Waals surface area contributed by atoms with Crippen molar-refractivity contribution < 1.29 is 17.9 Å². The van der Waals surface area contributed by atoms with Crippen molar-refractivity contribution in [3.05, 3.63) is 24.3 Å². The summed E-state index contributed by atoms with van der Waals surface area (Å²) in [5.74, 6) is 0.912. The summed E-state index contributed by atoms with van der Waals surface area (Å²) in [6.45, 7) is 4.44. The number of carbonyl (C=O) groups excluding carboxylic acids is 1. The van der Waals surface area contributed by atoms with Crippen LogP contribution in [0.15, 0.2) is 24.3 Å². The first-order chi connectivity index (χ1) is 10.8. The third kappa shape index (κ3) is 6.09. The zero-order valence-corrected chi connectivity index (χ0v) is 14.4. The molecule has 0 aromatic heterocycles. The number of benzene rings is 1. The van der Waals surface area contributed by atoms with Crippen LogP contribution in [0, 0.1) is 0 Å². The van der Waals surface area contributed by atoms with Gasteiger partial charge in [0.1, 0.15) is 5.75 Å². The van der Waals surface area contributed by atoms with Crippen LogP contribution in [-0.2, 0) is 14.6 Å². The first-order valence-corrected chi connectivity index (χ1v) is 9.66. The predicted octanol–water partition coefficient (Wildman–Crippen LogP) is 1.58. The van der Waals surface area contributed by atoms with Crippen LogP contribution in [0.5, 0.6) is 5.75 Å². The third-order valence-electron chi connectivity index (χ3n) is 3.50. The van der Waals surface area contributed by atoms with E-state index >= 15 is 0 Å². The molecule has 1 unspecified atom stereocenters. The van der Waals surface area contributed by atoms with Crippen molar-refractivity contribution in [1.82, 2.24) is 5.32 Å². The van der Waals surface area contributed by atoms with Crippen molar-refractivity contribution in [1.29, 1.82) is 0 Å². The highest BCUT2D eigenvalue weighted by Crippen LogP contribution is 2.17. The summed E-state index contributed by atoms with van der Waals surface area (Å²) in [5.41, 5.74) is 0.914. The lowest BCUT2D eigenvalue weighted by Crippen LogP contribution is -2.36. The summed E-state index contributed by atoms with van der Waals surface area (Å²) in [6, 6.07) is 7.33. The molecule has 2 N–H and O–H groups in total. The molecule has 7 heteroatoms. The van der Waals surface area contributed by atoms with Crippen molar-refractivity contribution in [3.8, 4) is 5.75 Å². The van der Waals surface area contributed by atoms with E-state index in [0.717, 1.165) is 11.4 Å². The number of nitrogens with one attached hydrogen (secondary N) is 2. The number of sulfone groups is 1. The van der Waals surface area contributed by atoms with E-state index in [2.05, 4.69) is 10.6 Å². The third-order valence-corrected chi connectivity index (χ3v) is 5.27. The molecule has 1 aromatic carbocycles. The predicted molar refractivity (Wildman–Crippen MR) is 90.5 cm³/mol. The summed E-state index contributed by atoms with van der Waals surface area (Å²) in [7, 11) is -2.96. The Morgan fingerprint density at radius 1 is 1.30 bits per heavy atom. The van der Waals surface area contributed by atoms with E-state index in [1.54, 1.807) is 0 Å². The summed E-state index contributed by atoms with van der Waals surface area (Å²) in [4.78, 5) is 11.8. The van der Waals surface area contributed by atoms with Crippen LogP contribution in [0.3, 0.4) is 0 Å². The molecule has 1 aliphatic rings. The molecule has 0 aliphatic carbocycles. The van der Waals surface area contributed by atoms with Crippen LogP contribution >= 0.6 is 0 Å². The van der Waals surface area contributed by atoms with Crippen molar-refractivity contribution >= 4 is 21.4 Å². The molecule has 1 atom stereocenters. The fourth-order valence-electron chi connectivity index (χ4n) is 2.45. The summed E-state index contributed by atoms with van der Waals surface area (Å²) < 4.78 is 28.2. The molecule has 0 bridgehead atoms. The average molecular weight is 340 g/mol. The van der Waals surface area contributed by atoms with Gasteiger partial charge in [0.25, 0.3) is 0 Å². The van der Waals surface area contributed by atoms with Crippen LogP contribution in [0.25, 0.3) is 0 Å². The van der Waals surface area contributed by atoms with E-state index in [1.807, 2.05) is 38.1 Å². The molecule has 1 saturated heterocycles. The lowest BCUT2D eigenvalue weighted by Gasteiger charge is -2.12. The van der Waals surface area contributed by atoms with E-state index < -0.39 is 9.84 Å². The highest BCUT2D eigenvalue weighted by Gasteiger charge is 2.28. The van der Waals surface area contributed by atoms with E-state index in [1.165, 1.54) is 0 Å². The fourth-order valence-corrected chi connectivity index (χ4v) is 4.13. The Morgan fingerprint density at radius 2 is 2.00 bits per heavy atom. The zero-order valence-electron chi connectivity index (χ0n) is 13.5. The number of ether oxygens (including phenoxy) is 1. The van der Waals surface area contributed by atoms with Crippen LogP contribution < -0.4 is 15.4 Å². The average Bonchev–Trinajstić information content (AvgIpc) is 2.79. The minimum atomic E-state index is -2.96. The maximum absolute atomic E-state index is 11.8. The molecular weight excluding hydrogens is 316 g/mol. The number of rotatable bonds is 7. The molecule has 128 valence electrons. The Morgan fingerprint density at radius 3 is 2.57 bits per heavy atom. The highest BCUT2D eigenvalue weighted by atomic mass is 32.2. The van der Waals surface area contributed by atoms with Gasteiger partial charge in [-0.05, 0) is 44.5 Å². The van der Waals surface area contributed by atoms with E-state index in [0.29, 0.717) is 19.4 Å². The second-order valence-electron chi connectivity index (χ2n) is 6.04. The Balaban J connectivity index is 1.69. The molecular formula is C16H24N2O4S. The van der Waals surface area contributed by atoms with E-state index in [-0.39, 0.29) is 29.6 Å². The fraction of sp³-hybridized carbons (Fsp3) is 0.562. The second-order valence-corrected chi connectivity index (χ2v) is 8.26. The van der Waals surface area contributed by atoms with Gasteiger partial charge in [-0.1, -0.05) is 0 Å². The van der Waals surface area contributed by atoms with Crippen molar-refractivity contribution in [3.63, 3.8) is 0 Å². The quantitative estimate of drug-likeness (QED) is 0.787. The number of hydrogen-bond acceptors (Lipinski definition) is 5. The monoisotopic (exact) mass is 340 g/mol. The maximum Gasteiger partial charge on any atom is 0.222 e. The van der Waals surface area contributed by atoms with Gasteiger partial charge in [0.05, 0.1) is 17.6 Å². The highest BCUT2D eigenvalue weighted by molar-refractivity contribution is 7.91. The lowest BCUT2D eigenvalue weighted by atomic mass is 10.2.